The maximum absolute atomic E-state index is 6.00. The highest BCUT2D eigenvalue weighted by Crippen LogP contribution is 2.49. The van der Waals surface area contributed by atoms with Crippen LogP contribution in [0, 0.1) is 5.92 Å². The van der Waals surface area contributed by atoms with Gasteiger partial charge in [-0.15, -0.1) is 0 Å². The van der Waals surface area contributed by atoms with E-state index in [0.717, 1.165) is 17.6 Å². The summed E-state index contributed by atoms with van der Waals surface area (Å²) in [5.41, 5.74) is 1.90. The topological polar surface area (TPSA) is 12.0 Å². The normalized spacial score (nSPS) is 23.4. The van der Waals surface area contributed by atoms with Crippen molar-refractivity contribution >= 4 is 11.6 Å². The molecule has 1 N–H and O–H groups in total. The largest absolute Gasteiger partial charge is 0.314 e. The minimum atomic E-state index is 0.409. The van der Waals surface area contributed by atoms with Crippen LogP contribution < -0.4 is 5.32 Å². The molecule has 1 nitrogen and oxygen atoms in total. The summed E-state index contributed by atoms with van der Waals surface area (Å²) in [6.07, 6.45) is 6.79. The maximum Gasteiger partial charge on any atom is 0.0406 e. The van der Waals surface area contributed by atoms with E-state index >= 15 is 0 Å². The maximum atomic E-state index is 6.00. The van der Waals surface area contributed by atoms with Crippen molar-refractivity contribution in [3.05, 3.63) is 34.9 Å². The molecule has 3 rings (SSSR count). The van der Waals surface area contributed by atoms with Crippen molar-refractivity contribution in [2.75, 3.05) is 6.54 Å². The van der Waals surface area contributed by atoms with Gasteiger partial charge < -0.3 is 5.32 Å². The first-order valence-electron chi connectivity index (χ1n) is 7.20. The Morgan fingerprint density at radius 1 is 1.28 bits per heavy atom. The second kappa shape index (κ2) is 4.86. The van der Waals surface area contributed by atoms with Gasteiger partial charge in [0.05, 0.1) is 0 Å². The van der Waals surface area contributed by atoms with Crippen LogP contribution >= 0.6 is 11.6 Å². The van der Waals surface area contributed by atoms with Crippen molar-refractivity contribution in [1.29, 1.82) is 0 Å². The molecule has 2 aliphatic rings. The minimum Gasteiger partial charge on any atom is -0.314 e. The van der Waals surface area contributed by atoms with Crippen LogP contribution in [0.25, 0.3) is 0 Å². The molecule has 2 fully saturated rings. The van der Waals surface area contributed by atoms with Gasteiger partial charge in [-0.1, -0.05) is 37.1 Å². The lowest BCUT2D eigenvalue weighted by molar-refractivity contribution is 0.154. The number of hydrogen-bond acceptors (Lipinski definition) is 1. The highest BCUT2D eigenvalue weighted by Gasteiger charge is 2.43. The molecule has 98 valence electrons. The van der Waals surface area contributed by atoms with E-state index in [1.54, 1.807) is 0 Å². The average Bonchev–Trinajstić information content (AvgIpc) is 3.11. The zero-order valence-corrected chi connectivity index (χ0v) is 11.8. The second-order valence-corrected chi connectivity index (χ2v) is 6.54. The van der Waals surface area contributed by atoms with E-state index < -0.39 is 0 Å². The van der Waals surface area contributed by atoms with E-state index in [1.165, 1.54) is 37.7 Å². The predicted octanol–water partition coefficient (Wildman–Crippen LogP) is 4.15. The lowest BCUT2D eigenvalue weighted by atomic mass is 9.58. The van der Waals surface area contributed by atoms with Crippen LogP contribution in [0.15, 0.2) is 24.3 Å². The molecule has 0 spiro atoms. The first-order valence-corrected chi connectivity index (χ1v) is 7.58. The summed E-state index contributed by atoms with van der Waals surface area (Å²) in [6.45, 7) is 3.57. The molecule has 0 aromatic heterocycles. The van der Waals surface area contributed by atoms with Gasteiger partial charge in [0.15, 0.2) is 0 Å². The molecule has 2 saturated carbocycles. The van der Waals surface area contributed by atoms with Crippen molar-refractivity contribution in [1.82, 2.24) is 5.32 Å². The van der Waals surface area contributed by atoms with Crippen molar-refractivity contribution < 1.29 is 0 Å². The summed E-state index contributed by atoms with van der Waals surface area (Å²) >= 11 is 6.00. The fourth-order valence-corrected chi connectivity index (χ4v) is 3.36. The monoisotopic (exact) mass is 263 g/mol. The molecule has 2 heteroatoms. The lowest BCUT2D eigenvalue weighted by Gasteiger charge is -2.47. The third kappa shape index (κ3) is 2.31. The van der Waals surface area contributed by atoms with E-state index in [-0.39, 0.29) is 0 Å². The van der Waals surface area contributed by atoms with Gasteiger partial charge in [0.1, 0.15) is 0 Å². The molecule has 0 aliphatic heterocycles. The standard InChI is InChI=1S/C16H22ClN/c1-12(11-18-15-7-8-15)16(9-2-10-16)13-3-5-14(17)6-4-13/h3-6,12,15,18H,2,7-11H2,1H3. The Morgan fingerprint density at radius 2 is 1.94 bits per heavy atom. The second-order valence-electron chi connectivity index (χ2n) is 6.10. The van der Waals surface area contributed by atoms with Crippen molar-refractivity contribution in [2.45, 2.75) is 50.5 Å². The fraction of sp³-hybridized carbons (Fsp3) is 0.625. The number of nitrogens with one attached hydrogen (secondary N) is 1. The first kappa shape index (κ1) is 12.5. The van der Waals surface area contributed by atoms with Gasteiger partial charge in [0, 0.05) is 11.1 Å². The highest BCUT2D eigenvalue weighted by atomic mass is 35.5. The van der Waals surface area contributed by atoms with Gasteiger partial charge >= 0.3 is 0 Å². The van der Waals surface area contributed by atoms with Gasteiger partial charge in [-0.25, -0.2) is 0 Å². The number of benzene rings is 1. The summed E-state index contributed by atoms with van der Waals surface area (Å²) in [6, 6.07) is 9.36. The summed E-state index contributed by atoms with van der Waals surface area (Å²) in [5.74, 6) is 0.716. The molecule has 1 aromatic carbocycles. The van der Waals surface area contributed by atoms with E-state index in [1.807, 2.05) is 12.1 Å². The van der Waals surface area contributed by atoms with E-state index in [4.69, 9.17) is 11.6 Å². The quantitative estimate of drug-likeness (QED) is 0.842. The predicted molar refractivity (Wildman–Crippen MR) is 77.2 cm³/mol. The van der Waals surface area contributed by atoms with Crippen molar-refractivity contribution in [3.8, 4) is 0 Å². The summed E-state index contributed by atoms with van der Waals surface area (Å²) in [4.78, 5) is 0. The summed E-state index contributed by atoms with van der Waals surface area (Å²) < 4.78 is 0. The van der Waals surface area contributed by atoms with Gasteiger partial charge in [0.25, 0.3) is 0 Å². The van der Waals surface area contributed by atoms with Crippen molar-refractivity contribution in [2.24, 2.45) is 5.92 Å². The molecule has 1 atom stereocenters. The van der Waals surface area contributed by atoms with Gasteiger partial charge in [-0.2, -0.15) is 0 Å². The van der Waals surface area contributed by atoms with Crippen LogP contribution in [0.3, 0.4) is 0 Å². The Balaban J connectivity index is 1.73. The molecule has 0 amide bonds. The molecule has 0 heterocycles. The molecular weight excluding hydrogens is 242 g/mol. The Hall–Kier alpha value is -0.530. The SMILES string of the molecule is CC(CNC1CC1)C1(c2ccc(Cl)cc2)CCC1. The van der Waals surface area contributed by atoms with E-state index in [0.29, 0.717) is 11.3 Å². The van der Waals surface area contributed by atoms with Crippen LogP contribution in [0.1, 0.15) is 44.6 Å². The Labute approximate surface area is 115 Å². The van der Waals surface area contributed by atoms with Crippen LogP contribution in [0.2, 0.25) is 5.02 Å². The fourth-order valence-electron chi connectivity index (χ4n) is 3.23. The Kier molecular flexibility index (Phi) is 3.38. The first-order chi connectivity index (χ1) is 8.71. The molecule has 0 radical (unpaired) electrons. The molecule has 0 saturated heterocycles. The number of halogens is 1. The van der Waals surface area contributed by atoms with Crippen LogP contribution in [-0.2, 0) is 5.41 Å². The van der Waals surface area contributed by atoms with Crippen LogP contribution in [0.4, 0.5) is 0 Å². The molecule has 1 aromatic rings. The highest BCUT2D eigenvalue weighted by molar-refractivity contribution is 6.30. The lowest BCUT2D eigenvalue weighted by Crippen LogP contribution is -2.45. The Morgan fingerprint density at radius 3 is 2.44 bits per heavy atom. The number of rotatable bonds is 5. The summed E-state index contributed by atoms with van der Waals surface area (Å²) in [7, 11) is 0. The molecule has 2 aliphatic carbocycles. The third-order valence-corrected chi connectivity index (χ3v) is 5.15. The van der Waals surface area contributed by atoms with E-state index in [9.17, 15) is 0 Å². The zero-order chi connectivity index (χ0) is 12.6. The summed E-state index contributed by atoms with van der Waals surface area (Å²) in [5, 5.41) is 4.53. The van der Waals surface area contributed by atoms with E-state index in [2.05, 4.69) is 24.4 Å². The Bertz CT molecular complexity index is 404. The average molecular weight is 264 g/mol. The third-order valence-electron chi connectivity index (χ3n) is 4.90. The van der Waals surface area contributed by atoms with Gasteiger partial charge in [0.2, 0.25) is 0 Å². The van der Waals surface area contributed by atoms with Crippen LogP contribution in [-0.4, -0.2) is 12.6 Å². The van der Waals surface area contributed by atoms with Crippen LogP contribution in [0.5, 0.6) is 0 Å². The molecular formula is C16H22ClN. The smallest absolute Gasteiger partial charge is 0.0406 e. The van der Waals surface area contributed by atoms with Gasteiger partial charge in [-0.05, 0) is 61.3 Å². The number of hydrogen-bond donors (Lipinski definition) is 1. The minimum absolute atomic E-state index is 0.409. The molecule has 0 bridgehead atoms. The van der Waals surface area contributed by atoms with Gasteiger partial charge in [-0.3, -0.25) is 0 Å². The zero-order valence-electron chi connectivity index (χ0n) is 11.1. The molecule has 1 unspecified atom stereocenters. The molecule has 18 heavy (non-hydrogen) atoms. The van der Waals surface area contributed by atoms with Crippen molar-refractivity contribution in [3.63, 3.8) is 0 Å².